The van der Waals surface area contributed by atoms with Gasteiger partial charge in [0.1, 0.15) is 10.4 Å². The fraction of sp³-hybridized carbons (Fsp3) is 0. The van der Waals surface area contributed by atoms with Gasteiger partial charge in [0.05, 0.1) is 0 Å². The van der Waals surface area contributed by atoms with Gasteiger partial charge >= 0.3 is 6.03 Å². The third-order valence-electron chi connectivity index (χ3n) is 1.08. The molecule has 3 amide bonds. The Labute approximate surface area is 54.0 Å². The van der Waals surface area contributed by atoms with Gasteiger partial charge in [0.25, 0.3) is 5.91 Å². The third kappa shape index (κ3) is 0.724. The maximum Gasteiger partial charge on any atom is 0.321 e. The van der Waals surface area contributed by atoms with Crippen molar-refractivity contribution in [3.8, 4) is 0 Å². The zero-order valence-electron chi connectivity index (χ0n) is 4.76. The predicted molar refractivity (Wildman–Crippen MR) is 33.0 cm³/mol. The summed E-state index contributed by atoms with van der Waals surface area (Å²) in [6.45, 7) is 0. The molecule has 0 aromatic carbocycles. The number of carbonyl (C=O) groups is 2. The number of amides is 3. The van der Waals surface area contributed by atoms with Gasteiger partial charge in [-0.05, 0) is 0 Å². The normalized spacial score (nSPS) is 19.1. The molecule has 1 fully saturated rings. The van der Waals surface area contributed by atoms with Crippen LogP contribution in [0.5, 0.6) is 0 Å². The van der Waals surface area contributed by atoms with E-state index in [0.717, 1.165) is 4.57 Å². The zero-order valence-corrected chi connectivity index (χ0v) is 6.76. The largest absolute Gasteiger partial charge is 0.321 e. The average molecular weight is 143 g/mol. The van der Waals surface area contributed by atoms with Gasteiger partial charge in [-0.15, -0.1) is 0 Å². The van der Waals surface area contributed by atoms with E-state index in [4.69, 9.17) is 5.41 Å². The lowest BCUT2D eigenvalue weighted by Crippen LogP contribution is -2.27. The molecule has 0 saturated carbocycles. The van der Waals surface area contributed by atoms with Crippen molar-refractivity contribution in [2.24, 2.45) is 0 Å². The second kappa shape index (κ2) is 1.66. The van der Waals surface area contributed by atoms with Crippen LogP contribution in [0.15, 0.2) is 0 Å². The number of hydrogen-bond acceptors (Lipinski definition) is 3. The van der Waals surface area contributed by atoms with Crippen LogP contribution in [-0.4, -0.2) is 32.7 Å². The zero-order chi connectivity index (χ0) is 7.02. The Kier molecular flexibility index (Phi) is 1.10. The number of imide groups is 1. The van der Waals surface area contributed by atoms with Gasteiger partial charge in [0, 0.05) is 0 Å². The van der Waals surface area contributed by atoms with E-state index < -0.39 is 11.9 Å². The highest BCUT2D eigenvalue weighted by atomic mass is 28.2. The van der Waals surface area contributed by atoms with E-state index in [1.807, 2.05) is 5.32 Å². The number of amidine groups is 1. The summed E-state index contributed by atoms with van der Waals surface area (Å²) in [6, 6.07) is -0.475. The molecule has 0 aromatic rings. The van der Waals surface area contributed by atoms with Crippen molar-refractivity contribution in [1.29, 1.82) is 5.41 Å². The molecule has 2 N–H and O–H groups in total. The lowest BCUT2D eigenvalue weighted by Gasteiger charge is -2.01. The molecule has 0 bridgehead atoms. The van der Waals surface area contributed by atoms with Crippen LogP contribution < -0.4 is 5.32 Å². The smallest absolute Gasteiger partial charge is 0.312 e. The molecule has 48 valence electrons. The van der Waals surface area contributed by atoms with Gasteiger partial charge in [-0.3, -0.25) is 15.5 Å². The molecule has 0 atom stereocenters. The van der Waals surface area contributed by atoms with E-state index in [0.29, 0.717) is 10.4 Å². The summed E-state index contributed by atoms with van der Waals surface area (Å²) in [5.74, 6) is -0.846. The van der Waals surface area contributed by atoms with Crippen LogP contribution in [0.1, 0.15) is 0 Å². The Bertz CT molecular complexity index is 201. The van der Waals surface area contributed by atoms with E-state index in [-0.39, 0.29) is 5.84 Å². The Balaban J connectivity index is 2.90. The highest BCUT2D eigenvalue weighted by Gasteiger charge is 2.28. The minimum absolute atomic E-state index is 0.244. The Morgan fingerprint density at radius 3 is 2.22 bits per heavy atom. The van der Waals surface area contributed by atoms with Crippen molar-refractivity contribution in [2.75, 3.05) is 0 Å². The van der Waals surface area contributed by atoms with Crippen LogP contribution in [0.2, 0.25) is 0 Å². The third-order valence-corrected chi connectivity index (χ3v) is 1.93. The monoisotopic (exact) mass is 143 g/mol. The SMILES string of the molecule is N=C1C(=O)NC(=O)N1[SiH3]. The molecule has 1 rings (SSSR count). The van der Waals surface area contributed by atoms with Crippen molar-refractivity contribution in [1.82, 2.24) is 9.88 Å². The summed E-state index contributed by atoms with van der Waals surface area (Å²) in [5.41, 5.74) is 0. The van der Waals surface area contributed by atoms with Gasteiger partial charge in [-0.2, -0.15) is 0 Å². The summed E-state index contributed by atoms with van der Waals surface area (Å²) in [5, 5.41) is 8.89. The highest BCUT2D eigenvalue weighted by Crippen LogP contribution is 1.93. The predicted octanol–water partition coefficient (Wildman–Crippen LogP) is -2.20. The van der Waals surface area contributed by atoms with Crippen LogP contribution in [-0.2, 0) is 4.79 Å². The first-order valence-electron chi connectivity index (χ1n) is 2.30. The summed E-state index contributed by atoms with van der Waals surface area (Å²) >= 11 is 0. The van der Waals surface area contributed by atoms with Gasteiger partial charge in [0.15, 0.2) is 5.84 Å². The molecule has 1 saturated heterocycles. The molecule has 6 heteroatoms. The Morgan fingerprint density at radius 2 is 2.11 bits per heavy atom. The molecule has 1 aliphatic heterocycles. The van der Waals surface area contributed by atoms with Crippen molar-refractivity contribution in [3.05, 3.63) is 0 Å². The molecule has 0 aliphatic carbocycles. The standard InChI is InChI=1S/C3H5N3O2Si/c4-1-2(7)5-3(8)6(1)9/h4H,9H3,(H,5,7,8). The van der Waals surface area contributed by atoms with Crippen LogP contribution in [0.4, 0.5) is 4.79 Å². The van der Waals surface area contributed by atoms with Crippen LogP contribution >= 0.6 is 0 Å². The first-order valence-corrected chi connectivity index (χ1v) is 3.20. The van der Waals surface area contributed by atoms with Crippen LogP contribution in [0.25, 0.3) is 0 Å². The molecule has 0 unspecified atom stereocenters. The van der Waals surface area contributed by atoms with E-state index in [1.54, 1.807) is 0 Å². The van der Waals surface area contributed by atoms with Crippen molar-refractivity contribution in [3.63, 3.8) is 0 Å². The number of nitrogens with zero attached hydrogens (tertiary/aromatic N) is 1. The Morgan fingerprint density at radius 1 is 1.56 bits per heavy atom. The molecular formula is C3H5N3O2Si. The summed E-state index contributed by atoms with van der Waals surface area (Å²) in [6.07, 6.45) is 0. The van der Waals surface area contributed by atoms with Crippen LogP contribution in [0.3, 0.4) is 0 Å². The van der Waals surface area contributed by atoms with E-state index in [9.17, 15) is 9.59 Å². The van der Waals surface area contributed by atoms with Gasteiger partial charge < -0.3 is 4.57 Å². The molecular weight excluding hydrogens is 138 g/mol. The molecule has 5 nitrogen and oxygen atoms in total. The molecule has 9 heavy (non-hydrogen) atoms. The minimum atomic E-state index is -0.602. The summed E-state index contributed by atoms with van der Waals surface area (Å²) in [4.78, 5) is 20.9. The topological polar surface area (TPSA) is 73.3 Å². The van der Waals surface area contributed by atoms with Crippen molar-refractivity contribution in [2.45, 2.75) is 0 Å². The number of rotatable bonds is 0. The number of urea groups is 1. The lowest BCUT2D eigenvalue weighted by molar-refractivity contribution is -0.113. The second-order valence-corrected chi connectivity index (χ2v) is 2.56. The summed E-state index contributed by atoms with van der Waals surface area (Å²) < 4.78 is 1.09. The molecule has 0 aromatic heterocycles. The van der Waals surface area contributed by atoms with E-state index >= 15 is 0 Å². The van der Waals surface area contributed by atoms with Crippen LogP contribution in [0, 0.1) is 5.41 Å². The van der Waals surface area contributed by atoms with Crippen molar-refractivity contribution >= 4 is 28.2 Å². The van der Waals surface area contributed by atoms with Gasteiger partial charge in [-0.25, -0.2) is 4.79 Å². The van der Waals surface area contributed by atoms with E-state index in [1.165, 1.54) is 0 Å². The minimum Gasteiger partial charge on any atom is -0.312 e. The van der Waals surface area contributed by atoms with Gasteiger partial charge in [-0.1, -0.05) is 0 Å². The number of carbonyl (C=O) groups excluding carboxylic acids is 2. The molecule has 0 radical (unpaired) electrons. The first kappa shape index (κ1) is 5.95. The summed E-state index contributed by atoms with van der Waals surface area (Å²) in [7, 11) is 0.385. The first-order chi connectivity index (χ1) is 4.13. The lowest BCUT2D eigenvalue weighted by atomic mass is 10.6. The molecule has 1 aliphatic rings. The van der Waals surface area contributed by atoms with Gasteiger partial charge in [0.2, 0.25) is 0 Å². The fourth-order valence-corrected chi connectivity index (χ4v) is 0.809. The van der Waals surface area contributed by atoms with Crippen molar-refractivity contribution < 1.29 is 9.59 Å². The second-order valence-electron chi connectivity index (χ2n) is 1.67. The average Bonchev–Trinajstić information content (AvgIpc) is 1.98. The van der Waals surface area contributed by atoms with E-state index in [2.05, 4.69) is 0 Å². The maximum atomic E-state index is 10.5. The quantitative estimate of drug-likeness (QED) is 0.298. The fourth-order valence-electron chi connectivity index (χ4n) is 0.494. The number of nitrogens with one attached hydrogen (secondary N) is 2. The highest BCUT2D eigenvalue weighted by molar-refractivity contribution is 6.52. The molecule has 1 heterocycles. The Hall–Kier alpha value is -1.17. The maximum absolute atomic E-state index is 10.5. The molecule has 0 spiro atoms. The number of hydrogen-bond donors (Lipinski definition) is 2.